The minimum absolute atomic E-state index is 0.0822. The molecule has 92 valence electrons. The Kier molecular flexibility index (Phi) is 3.28. The van der Waals surface area contributed by atoms with E-state index in [-0.39, 0.29) is 23.3 Å². The van der Waals surface area contributed by atoms with Gasteiger partial charge in [0.1, 0.15) is 5.75 Å². The van der Waals surface area contributed by atoms with Gasteiger partial charge in [-0.25, -0.2) is 4.98 Å². The van der Waals surface area contributed by atoms with Gasteiger partial charge in [0.15, 0.2) is 5.69 Å². The highest BCUT2D eigenvalue weighted by Gasteiger charge is 2.30. The van der Waals surface area contributed by atoms with Crippen molar-refractivity contribution in [2.75, 3.05) is 13.1 Å². The van der Waals surface area contributed by atoms with Gasteiger partial charge in [-0.2, -0.15) is 0 Å². The number of pyridine rings is 1. The Balaban J connectivity index is 2.10. The monoisotopic (exact) mass is 236 g/mol. The van der Waals surface area contributed by atoms with Gasteiger partial charge in [-0.1, -0.05) is 0 Å². The smallest absolute Gasteiger partial charge is 0.276 e. The average molecular weight is 236 g/mol. The minimum Gasteiger partial charge on any atom is -0.505 e. The van der Waals surface area contributed by atoms with Gasteiger partial charge >= 0.3 is 0 Å². The molecule has 2 atom stereocenters. The molecule has 17 heavy (non-hydrogen) atoms. The first-order valence-corrected chi connectivity index (χ1v) is 5.71. The van der Waals surface area contributed by atoms with E-state index in [1.807, 2.05) is 0 Å². The third-order valence-electron chi connectivity index (χ3n) is 3.18. The number of aromatic hydroxyl groups is 1. The van der Waals surface area contributed by atoms with E-state index >= 15 is 0 Å². The van der Waals surface area contributed by atoms with Crippen molar-refractivity contribution in [1.29, 1.82) is 0 Å². The van der Waals surface area contributed by atoms with E-state index in [4.69, 9.17) is 0 Å². The quantitative estimate of drug-likeness (QED) is 0.790. The van der Waals surface area contributed by atoms with Crippen molar-refractivity contribution in [2.45, 2.75) is 19.4 Å². The van der Waals surface area contributed by atoms with Gasteiger partial charge in [0.25, 0.3) is 5.91 Å². The highest BCUT2D eigenvalue weighted by Crippen LogP contribution is 2.23. The number of amides is 1. The molecule has 1 amide bonds. The fourth-order valence-electron chi connectivity index (χ4n) is 2.08. The molecule has 2 unspecified atom stereocenters. The number of nitrogens with zero attached hydrogens (tertiary/aromatic N) is 2. The van der Waals surface area contributed by atoms with Crippen molar-refractivity contribution in [3.05, 3.63) is 24.0 Å². The number of hydrogen-bond acceptors (Lipinski definition) is 4. The van der Waals surface area contributed by atoms with Crippen LogP contribution in [0, 0.1) is 5.92 Å². The van der Waals surface area contributed by atoms with Crippen LogP contribution in [0.3, 0.4) is 0 Å². The standard InChI is InChI=1S/C12H16N2O3/c1-8(15)9-4-6-14(7-9)12(17)11-10(16)3-2-5-13-11/h2-3,5,8-9,15-16H,4,6-7H2,1H3. The Labute approximate surface area is 99.7 Å². The van der Waals surface area contributed by atoms with Gasteiger partial charge in [0.05, 0.1) is 6.10 Å². The van der Waals surface area contributed by atoms with Crippen LogP contribution in [0.1, 0.15) is 23.8 Å². The maximum Gasteiger partial charge on any atom is 0.276 e. The van der Waals surface area contributed by atoms with Crippen molar-refractivity contribution >= 4 is 5.91 Å². The number of aliphatic hydroxyl groups is 1. The lowest BCUT2D eigenvalue weighted by Gasteiger charge is -2.17. The molecule has 1 saturated heterocycles. The summed E-state index contributed by atoms with van der Waals surface area (Å²) in [5, 5.41) is 19.0. The van der Waals surface area contributed by atoms with E-state index in [1.54, 1.807) is 17.9 Å². The second-order valence-corrected chi connectivity index (χ2v) is 4.41. The summed E-state index contributed by atoms with van der Waals surface area (Å²) in [4.78, 5) is 17.6. The number of hydrogen-bond donors (Lipinski definition) is 2. The maximum absolute atomic E-state index is 12.1. The number of aromatic nitrogens is 1. The van der Waals surface area contributed by atoms with E-state index < -0.39 is 6.10 Å². The summed E-state index contributed by atoms with van der Waals surface area (Å²) in [5.41, 5.74) is 0.0822. The highest BCUT2D eigenvalue weighted by molar-refractivity contribution is 5.94. The molecule has 0 aliphatic carbocycles. The maximum atomic E-state index is 12.1. The zero-order valence-electron chi connectivity index (χ0n) is 9.71. The van der Waals surface area contributed by atoms with Gasteiger partial charge in [-0.15, -0.1) is 0 Å². The van der Waals surface area contributed by atoms with Crippen LogP contribution in [0.5, 0.6) is 5.75 Å². The van der Waals surface area contributed by atoms with Crippen LogP contribution >= 0.6 is 0 Å². The molecule has 0 spiro atoms. The second kappa shape index (κ2) is 4.71. The van der Waals surface area contributed by atoms with Gasteiger partial charge in [0, 0.05) is 25.2 Å². The molecule has 0 aromatic carbocycles. The molecule has 2 N–H and O–H groups in total. The first-order chi connectivity index (χ1) is 8.09. The topological polar surface area (TPSA) is 73.7 Å². The molecule has 1 aliphatic rings. The number of carbonyl (C=O) groups is 1. The summed E-state index contributed by atoms with van der Waals surface area (Å²) in [6.45, 7) is 2.85. The number of rotatable bonds is 2. The molecule has 5 heteroatoms. The van der Waals surface area contributed by atoms with Crippen molar-refractivity contribution < 1.29 is 15.0 Å². The predicted octanol–water partition coefficient (Wildman–Crippen LogP) is 0.630. The predicted molar refractivity (Wildman–Crippen MR) is 61.6 cm³/mol. The van der Waals surface area contributed by atoms with E-state index in [1.165, 1.54) is 12.3 Å². The summed E-state index contributed by atoms with van der Waals surface area (Å²) in [5.74, 6) is -0.256. The van der Waals surface area contributed by atoms with Gasteiger partial charge in [-0.05, 0) is 25.5 Å². The molecule has 1 aliphatic heterocycles. The van der Waals surface area contributed by atoms with Gasteiger partial charge in [-0.3, -0.25) is 4.79 Å². The van der Waals surface area contributed by atoms with Crippen molar-refractivity contribution in [3.63, 3.8) is 0 Å². The number of carbonyl (C=O) groups excluding carboxylic acids is 1. The average Bonchev–Trinajstić information content (AvgIpc) is 2.78. The van der Waals surface area contributed by atoms with Crippen molar-refractivity contribution in [1.82, 2.24) is 9.88 Å². The van der Waals surface area contributed by atoms with Crippen LogP contribution in [0.2, 0.25) is 0 Å². The zero-order valence-corrected chi connectivity index (χ0v) is 9.71. The van der Waals surface area contributed by atoms with Gasteiger partial charge < -0.3 is 15.1 Å². The molecule has 2 heterocycles. The van der Waals surface area contributed by atoms with Crippen LogP contribution in [-0.2, 0) is 0 Å². The van der Waals surface area contributed by atoms with Crippen molar-refractivity contribution in [2.24, 2.45) is 5.92 Å². The Morgan fingerprint density at radius 1 is 1.65 bits per heavy atom. The van der Waals surface area contributed by atoms with Crippen LogP contribution < -0.4 is 0 Å². The molecular weight excluding hydrogens is 220 g/mol. The largest absolute Gasteiger partial charge is 0.505 e. The van der Waals surface area contributed by atoms with Crippen molar-refractivity contribution in [3.8, 4) is 5.75 Å². The Bertz CT molecular complexity index is 420. The van der Waals surface area contributed by atoms with Gasteiger partial charge in [0.2, 0.25) is 0 Å². The molecule has 2 rings (SSSR count). The molecule has 0 bridgehead atoms. The Morgan fingerprint density at radius 3 is 3.00 bits per heavy atom. The third-order valence-corrected chi connectivity index (χ3v) is 3.18. The van der Waals surface area contributed by atoms with Crippen LogP contribution in [-0.4, -0.2) is 45.2 Å². The summed E-state index contributed by atoms with van der Waals surface area (Å²) in [7, 11) is 0. The van der Waals surface area contributed by atoms with E-state index in [2.05, 4.69) is 4.98 Å². The fourth-order valence-corrected chi connectivity index (χ4v) is 2.08. The summed E-state index contributed by atoms with van der Waals surface area (Å²) >= 11 is 0. The molecular formula is C12H16N2O3. The molecule has 1 aromatic rings. The van der Waals surface area contributed by atoms with E-state index in [9.17, 15) is 15.0 Å². The highest BCUT2D eigenvalue weighted by atomic mass is 16.3. The Morgan fingerprint density at radius 2 is 2.41 bits per heavy atom. The normalized spacial score (nSPS) is 21.5. The number of likely N-dealkylation sites (tertiary alicyclic amines) is 1. The summed E-state index contributed by atoms with van der Waals surface area (Å²) in [6, 6.07) is 3.02. The lowest BCUT2D eigenvalue weighted by atomic mass is 10.0. The van der Waals surface area contributed by atoms with Crippen LogP contribution in [0.25, 0.3) is 0 Å². The van der Waals surface area contributed by atoms with Crippen LogP contribution in [0.15, 0.2) is 18.3 Å². The first kappa shape index (κ1) is 11.9. The molecule has 0 saturated carbocycles. The zero-order chi connectivity index (χ0) is 12.4. The Hall–Kier alpha value is -1.62. The fraction of sp³-hybridized carbons (Fsp3) is 0.500. The molecule has 0 radical (unpaired) electrons. The summed E-state index contributed by atoms with van der Waals surface area (Å²) in [6.07, 6.45) is 1.86. The lowest BCUT2D eigenvalue weighted by molar-refractivity contribution is 0.0753. The van der Waals surface area contributed by atoms with E-state index in [0.29, 0.717) is 13.1 Å². The molecule has 1 fully saturated rings. The van der Waals surface area contributed by atoms with Crippen LogP contribution in [0.4, 0.5) is 0 Å². The SMILES string of the molecule is CC(O)C1CCN(C(=O)c2ncccc2O)C1. The molecule has 5 nitrogen and oxygen atoms in total. The molecule has 1 aromatic heterocycles. The lowest BCUT2D eigenvalue weighted by Crippen LogP contribution is -2.31. The minimum atomic E-state index is -0.412. The second-order valence-electron chi connectivity index (χ2n) is 4.41. The summed E-state index contributed by atoms with van der Waals surface area (Å²) < 4.78 is 0. The number of aliphatic hydroxyl groups excluding tert-OH is 1. The first-order valence-electron chi connectivity index (χ1n) is 5.71. The third kappa shape index (κ3) is 2.39. The van der Waals surface area contributed by atoms with E-state index in [0.717, 1.165) is 6.42 Å².